The molecular formula is C27H30N6O5. The summed E-state index contributed by atoms with van der Waals surface area (Å²) in [4.78, 5) is 48.7. The van der Waals surface area contributed by atoms with Crippen LogP contribution in [0.3, 0.4) is 0 Å². The number of ether oxygens (including phenoxy) is 1. The second-order valence-electron chi connectivity index (χ2n) is 8.74. The number of nitro groups is 1. The summed E-state index contributed by atoms with van der Waals surface area (Å²) < 4.78 is 5.64. The molecular weight excluding hydrogens is 488 g/mol. The lowest BCUT2D eigenvalue weighted by Gasteiger charge is -2.25. The first-order valence-electron chi connectivity index (χ1n) is 11.7. The van der Waals surface area contributed by atoms with Crippen LogP contribution in [-0.4, -0.2) is 72.8 Å². The van der Waals surface area contributed by atoms with Crippen LogP contribution in [0, 0.1) is 10.1 Å². The van der Waals surface area contributed by atoms with Gasteiger partial charge in [0.15, 0.2) is 0 Å². The van der Waals surface area contributed by atoms with E-state index < -0.39 is 10.7 Å². The number of aromatic nitrogens is 2. The molecule has 0 aliphatic rings. The van der Waals surface area contributed by atoms with E-state index in [0.717, 1.165) is 12.2 Å². The van der Waals surface area contributed by atoms with Gasteiger partial charge in [0.1, 0.15) is 22.8 Å². The Morgan fingerprint density at radius 1 is 1.16 bits per heavy atom. The maximum atomic E-state index is 13.1. The molecule has 0 atom stereocenters. The highest BCUT2D eigenvalue weighted by Gasteiger charge is 2.22. The van der Waals surface area contributed by atoms with Crippen molar-refractivity contribution in [1.82, 2.24) is 14.9 Å². The number of benzene rings is 2. The van der Waals surface area contributed by atoms with Gasteiger partial charge in [-0.3, -0.25) is 19.7 Å². The third kappa shape index (κ3) is 6.77. The highest BCUT2D eigenvalue weighted by molar-refractivity contribution is 6.10. The van der Waals surface area contributed by atoms with Gasteiger partial charge < -0.3 is 19.9 Å². The normalized spacial score (nSPS) is 10.7. The summed E-state index contributed by atoms with van der Waals surface area (Å²) >= 11 is 0. The number of carbonyl (C=O) groups is 2. The fraction of sp³-hybridized carbons (Fsp3) is 0.259. The molecule has 0 unspecified atom stereocenters. The van der Waals surface area contributed by atoms with E-state index in [9.17, 15) is 19.7 Å². The van der Waals surface area contributed by atoms with Crippen LogP contribution in [0.1, 0.15) is 27.4 Å². The van der Waals surface area contributed by atoms with Crippen molar-refractivity contribution in [3.05, 3.63) is 94.1 Å². The van der Waals surface area contributed by atoms with E-state index in [4.69, 9.17) is 4.74 Å². The standard InChI is InChI=1S/C27H30N6O5/c1-6-26(34)30-21-15-18(24(38-5)17-23(21)32(4)14-13-31(2)3)16-25-28-12-11-20(29-25)27(35)19-9-7-8-10-22(19)33(36)37/h6-12,15,17H,1,13-14,16H2,2-5H3,(H,30,34). The molecule has 1 amide bonds. The van der Waals surface area contributed by atoms with Gasteiger partial charge in [-0.2, -0.15) is 0 Å². The lowest BCUT2D eigenvalue weighted by atomic mass is 10.0. The second-order valence-corrected chi connectivity index (χ2v) is 8.74. The average Bonchev–Trinajstić information content (AvgIpc) is 2.91. The maximum absolute atomic E-state index is 13.1. The van der Waals surface area contributed by atoms with Crippen LogP contribution in [0.2, 0.25) is 0 Å². The van der Waals surface area contributed by atoms with Crippen molar-refractivity contribution < 1.29 is 19.2 Å². The minimum atomic E-state index is -0.601. The fourth-order valence-corrected chi connectivity index (χ4v) is 3.76. The Morgan fingerprint density at radius 2 is 1.89 bits per heavy atom. The van der Waals surface area contributed by atoms with Gasteiger partial charge in [-0.05, 0) is 38.4 Å². The molecule has 3 rings (SSSR count). The number of hydrogen-bond acceptors (Lipinski definition) is 9. The number of hydrogen-bond donors (Lipinski definition) is 1. The first-order valence-corrected chi connectivity index (χ1v) is 11.7. The van der Waals surface area contributed by atoms with E-state index in [1.54, 1.807) is 19.2 Å². The quantitative estimate of drug-likeness (QED) is 0.166. The number of ketones is 1. The monoisotopic (exact) mass is 518 g/mol. The van der Waals surface area contributed by atoms with Crippen LogP contribution in [0.15, 0.2) is 61.3 Å². The molecule has 3 aromatic rings. The van der Waals surface area contributed by atoms with Gasteiger partial charge in [-0.1, -0.05) is 18.7 Å². The molecule has 0 saturated heterocycles. The molecule has 1 aromatic heterocycles. The highest BCUT2D eigenvalue weighted by atomic mass is 16.6. The molecule has 0 bridgehead atoms. The Morgan fingerprint density at radius 3 is 2.55 bits per heavy atom. The molecule has 0 radical (unpaired) electrons. The number of methoxy groups -OCH3 is 1. The topological polar surface area (TPSA) is 131 Å². The number of para-hydroxylation sites is 1. The minimum absolute atomic E-state index is 0.0310. The van der Waals surface area contributed by atoms with Crippen molar-refractivity contribution in [2.45, 2.75) is 6.42 Å². The third-order valence-corrected chi connectivity index (χ3v) is 5.77. The fourth-order valence-electron chi connectivity index (χ4n) is 3.76. The Balaban J connectivity index is 1.98. The summed E-state index contributed by atoms with van der Waals surface area (Å²) in [6.45, 7) is 5.03. The summed E-state index contributed by atoms with van der Waals surface area (Å²) in [6.07, 6.45) is 2.80. The van der Waals surface area contributed by atoms with E-state index in [1.807, 2.05) is 32.1 Å². The molecule has 1 N–H and O–H groups in total. The molecule has 0 saturated carbocycles. The summed E-state index contributed by atoms with van der Waals surface area (Å²) in [6, 6.07) is 10.7. The van der Waals surface area contributed by atoms with Crippen LogP contribution in [0.4, 0.5) is 17.1 Å². The van der Waals surface area contributed by atoms with Crippen LogP contribution in [-0.2, 0) is 11.2 Å². The molecule has 11 nitrogen and oxygen atoms in total. The minimum Gasteiger partial charge on any atom is -0.496 e. The maximum Gasteiger partial charge on any atom is 0.280 e. The first kappa shape index (κ1) is 27.9. The molecule has 2 aromatic carbocycles. The van der Waals surface area contributed by atoms with Crippen LogP contribution in [0.5, 0.6) is 5.75 Å². The Labute approximate surface area is 220 Å². The van der Waals surface area contributed by atoms with Gasteiger partial charge in [0.05, 0.1) is 23.4 Å². The number of rotatable bonds is 12. The number of carbonyl (C=O) groups excluding carboxylic acids is 2. The number of nitro benzene ring substituents is 1. The summed E-state index contributed by atoms with van der Waals surface area (Å²) in [5.41, 5.74) is 1.66. The Kier molecular flexibility index (Phi) is 9.23. The van der Waals surface area contributed by atoms with Crippen molar-refractivity contribution in [1.29, 1.82) is 0 Å². The highest BCUT2D eigenvalue weighted by Crippen LogP contribution is 2.34. The van der Waals surface area contributed by atoms with E-state index >= 15 is 0 Å². The zero-order chi connectivity index (χ0) is 27.8. The van der Waals surface area contributed by atoms with Crippen molar-refractivity contribution in [3.8, 4) is 5.75 Å². The van der Waals surface area contributed by atoms with Crippen LogP contribution in [0.25, 0.3) is 0 Å². The number of anilines is 2. The number of nitrogens with zero attached hydrogens (tertiary/aromatic N) is 5. The van der Waals surface area contributed by atoms with E-state index in [2.05, 4.69) is 26.8 Å². The molecule has 38 heavy (non-hydrogen) atoms. The van der Waals surface area contributed by atoms with Gasteiger partial charge in [0, 0.05) is 50.5 Å². The van der Waals surface area contributed by atoms with Gasteiger partial charge in [0.25, 0.3) is 5.69 Å². The third-order valence-electron chi connectivity index (χ3n) is 5.77. The Hall–Kier alpha value is -4.64. The zero-order valence-corrected chi connectivity index (χ0v) is 21.8. The van der Waals surface area contributed by atoms with E-state index in [-0.39, 0.29) is 29.3 Å². The molecule has 11 heteroatoms. The van der Waals surface area contributed by atoms with Gasteiger partial charge >= 0.3 is 0 Å². The van der Waals surface area contributed by atoms with E-state index in [0.29, 0.717) is 29.4 Å². The summed E-state index contributed by atoms with van der Waals surface area (Å²) in [5, 5.41) is 14.2. The smallest absolute Gasteiger partial charge is 0.280 e. The lowest BCUT2D eigenvalue weighted by Crippen LogP contribution is -2.29. The molecule has 198 valence electrons. The second kappa shape index (κ2) is 12.5. The zero-order valence-electron chi connectivity index (χ0n) is 21.8. The SMILES string of the molecule is C=CC(=O)Nc1cc(Cc2nccc(C(=O)c3ccccc3[N+](=O)[O-])n2)c(OC)cc1N(C)CCN(C)C. The number of nitrogens with one attached hydrogen (secondary N) is 1. The van der Waals surface area contributed by atoms with Crippen molar-refractivity contribution >= 4 is 28.8 Å². The van der Waals surface area contributed by atoms with Crippen molar-refractivity contribution in [3.63, 3.8) is 0 Å². The first-order chi connectivity index (χ1) is 18.1. The average molecular weight is 519 g/mol. The largest absolute Gasteiger partial charge is 0.496 e. The van der Waals surface area contributed by atoms with Gasteiger partial charge in [0.2, 0.25) is 11.7 Å². The van der Waals surface area contributed by atoms with Crippen molar-refractivity contribution in [2.24, 2.45) is 0 Å². The predicted molar refractivity (Wildman–Crippen MR) is 145 cm³/mol. The van der Waals surface area contributed by atoms with Crippen LogP contribution >= 0.6 is 0 Å². The molecule has 0 aliphatic heterocycles. The Bertz CT molecular complexity index is 1360. The predicted octanol–water partition coefficient (Wildman–Crippen LogP) is 3.34. The molecule has 0 spiro atoms. The number of likely N-dealkylation sites (N-methyl/N-ethyl adjacent to an activating group) is 2. The van der Waals surface area contributed by atoms with Gasteiger partial charge in [-0.15, -0.1) is 0 Å². The van der Waals surface area contributed by atoms with Gasteiger partial charge in [-0.25, -0.2) is 9.97 Å². The number of amides is 1. The van der Waals surface area contributed by atoms with Crippen molar-refractivity contribution in [2.75, 3.05) is 51.6 Å². The molecule has 0 fully saturated rings. The van der Waals surface area contributed by atoms with Crippen LogP contribution < -0.4 is 15.0 Å². The summed E-state index contributed by atoms with van der Waals surface area (Å²) in [7, 11) is 7.42. The molecule has 0 aliphatic carbocycles. The van der Waals surface area contributed by atoms with E-state index in [1.165, 1.54) is 36.5 Å². The molecule has 1 heterocycles. The lowest BCUT2D eigenvalue weighted by molar-refractivity contribution is -0.385. The summed E-state index contributed by atoms with van der Waals surface area (Å²) in [5.74, 6) is -0.0869.